The maximum atomic E-state index is 11.9. The molecule has 20 heavy (non-hydrogen) atoms. The van der Waals surface area contributed by atoms with E-state index >= 15 is 0 Å². The molecule has 0 bridgehead atoms. The van der Waals surface area contributed by atoms with E-state index in [1.807, 2.05) is 0 Å². The maximum Gasteiger partial charge on any atom is 0.356 e. The van der Waals surface area contributed by atoms with Crippen molar-refractivity contribution in [3.05, 3.63) is 46.1 Å². The van der Waals surface area contributed by atoms with Crippen LogP contribution in [0.1, 0.15) is 20.8 Å². The number of hydrogen-bond donors (Lipinski definition) is 0. The molecule has 6 nitrogen and oxygen atoms in total. The Morgan fingerprint density at radius 3 is 2.65 bits per heavy atom. The van der Waals surface area contributed by atoms with Gasteiger partial charge in [-0.15, -0.1) is 5.10 Å². The molecular formula is C13H11BrN2O4. The molecule has 1 aromatic heterocycles. The number of hydrogen-bond acceptors (Lipinski definition) is 5. The molecule has 0 saturated carbocycles. The van der Waals surface area contributed by atoms with Crippen LogP contribution in [0.3, 0.4) is 0 Å². The second-order valence-corrected chi connectivity index (χ2v) is 4.80. The molecule has 0 amide bonds. The topological polar surface area (TPSA) is 70.4 Å². The van der Waals surface area contributed by atoms with E-state index in [2.05, 4.69) is 25.8 Å². The zero-order chi connectivity index (χ0) is 14.7. The van der Waals surface area contributed by atoms with Crippen molar-refractivity contribution in [1.82, 2.24) is 9.78 Å². The molecule has 0 saturated heterocycles. The van der Waals surface area contributed by atoms with Crippen molar-refractivity contribution in [2.75, 3.05) is 7.11 Å². The molecule has 0 aliphatic carbocycles. The number of ether oxygens (including phenoxy) is 2. The summed E-state index contributed by atoms with van der Waals surface area (Å²) in [7, 11) is 2.82. The molecule has 0 unspecified atom stereocenters. The van der Waals surface area contributed by atoms with Gasteiger partial charge in [0, 0.05) is 17.6 Å². The van der Waals surface area contributed by atoms with Crippen molar-refractivity contribution in [2.24, 2.45) is 7.05 Å². The fraction of sp³-hybridized carbons (Fsp3) is 0.154. The van der Waals surface area contributed by atoms with E-state index < -0.39 is 11.9 Å². The van der Waals surface area contributed by atoms with Gasteiger partial charge in [0.15, 0.2) is 0 Å². The molecule has 1 heterocycles. The van der Waals surface area contributed by atoms with Gasteiger partial charge in [-0.1, -0.05) is 22.0 Å². The molecule has 7 heteroatoms. The predicted molar refractivity (Wildman–Crippen MR) is 73.6 cm³/mol. The number of aromatic nitrogens is 2. The molecular weight excluding hydrogens is 328 g/mol. The van der Waals surface area contributed by atoms with Crippen LogP contribution in [0.25, 0.3) is 0 Å². The molecule has 2 rings (SSSR count). The normalized spacial score (nSPS) is 10.2. The van der Waals surface area contributed by atoms with Crippen molar-refractivity contribution >= 4 is 27.9 Å². The van der Waals surface area contributed by atoms with Crippen molar-refractivity contribution < 1.29 is 19.1 Å². The van der Waals surface area contributed by atoms with Crippen molar-refractivity contribution in [3.63, 3.8) is 0 Å². The van der Waals surface area contributed by atoms with Crippen molar-refractivity contribution in [3.8, 4) is 5.88 Å². The fourth-order valence-electron chi connectivity index (χ4n) is 1.56. The van der Waals surface area contributed by atoms with Gasteiger partial charge in [0.05, 0.1) is 12.7 Å². The molecule has 0 atom stereocenters. The van der Waals surface area contributed by atoms with Gasteiger partial charge in [-0.2, -0.15) is 0 Å². The van der Waals surface area contributed by atoms with E-state index in [1.54, 1.807) is 31.3 Å². The second kappa shape index (κ2) is 5.87. The Labute approximate surface area is 123 Å². The second-order valence-electron chi connectivity index (χ2n) is 3.88. The summed E-state index contributed by atoms with van der Waals surface area (Å²) in [5.41, 5.74) is 0.578. The van der Waals surface area contributed by atoms with Gasteiger partial charge in [-0.25, -0.2) is 9.59 Å². The Balaban J connectivity index is 2.18. The largest absolute Gasteiger partial charge is 0.464 e. The van der Waals surface area contributed by atoms with Crippen LogP contribution < -0.4 is 4.74 Å². The highest BCUT2D eigenvalue weighted by molar-refractivity contribution is 9.10. The number of carbonyl (C=O) groups excluding carboxylic acids is 2. The molecule has 0 aliphatic heterocycles. The zero-order valence-corrected chi connectivity index (χ0v) is 12.4. The standard InChI is InChI=1S/C13H11BrN2O4/c1-16-10(13(18)19-2)7-11(15-16)20-12(17)8-4-3-5-9(14)6-8/h3-7H,1-2H3. The molecule has 0 radical (unpaired) electrons. The van der Waals surface area contributed by atoms with E-state index in [4.69, 9.17) is 4.74 Å². The molecule has 104 valence electrons. The van der Waals surface area contributed by atoms with Crippen LogP contribution >= 0.6 is 15.9 Å². The summed E-state index contributed by atoms with van der Waals surface area (Å²) in [6.07, 6.45) is 0. The number of aryl methyl sites for hydroxylation is 1. The van der Waals surface area contributed by atoms with E-state index in [0.29, 0.717) is 5.56 Å². The minimum atomic E-state index is -0.555. The Morgan fingerprint density at radius 2 is 2.00 bits per heavy atom. The Hall–Kier alpha value is -2.15. The number of rotatable bonds is 3. The first-order valence-corrected chi connectivity index (χ1v) is 6.40. The maximum absolute atomic E-state index is 11.9. The van der Waals surface area contributed by atoms with E-state index in [9.17, 15) is 9.59 Å². The van der Waals surface area contributed by atoms with Gasteiger partial charge in [0.1, 0.15) is 5.69 Å². The minimum absolute atomic E-state index is 0.0397. The van der Waals surface area contributed by atoms with Gasteiger partial charge in [0.2, 0.25) is 5.88 Å². The summed E-state index contributed by atoms with van der Waals surface area (Å²) in [6, 6.07) is 8.12. The Bertz CT molecular complexity index is 666. The number of carbonyl (C=O) groups is 2. The molecule has 0 aliphatic rings. The highest BCUT2D eigenvalue weighted by atomic mass is 79.9. The van der Waals surface area contributed by atoms with E-state index in [1.165, 1.54) is 17.9 Å². The van der Waals surface area contributed by atoms with Crippen LogP contribution in [0.5, 0.6) is 5.88 Å². The third kappa shape index (κ3) is 3.05. The number of halogens is 1. The monoisotopic (exact) mass is 338 g/mol. The smallest absolute Gasteiger partial charge is 0.356 e. The first-order chi connectivity index (χ1) is 9.51. The average molecular weight is 339 g/mol. The summed E-state index contributed by atoms with van der Waals surface area (Å²) in [5.74, 6) is -1.07. The summed E-state index contributed by atoms with van der Waals surface area (Å²) >= 11 is 3.27. The number of benzene rings is 1. The third-order valence-electron chi connectivity index (χ3n) is 2.51. The minimum Gasteiger partial charge on any atom is -0.464 e. The van der Waals surface area contributed by atoms with Gasteiger partial charge in [-0.05, 0) is 18.2 Å². The van der Waals surface area contributed by atoms with Gasteiger partial charge in [-0.3, -0.25) is 4.68 Å². The predicted octanol–water partition coefficient (Wildman–Crippen LogP) is 2.19. The summed E-state index contributed by atoms with van der Waals surface area (Å²) in [5, 5.41) is 3.93. The van der Waals surface area contributed by atoms with E-state index in [-0.39, 0.29) is 11.6 Å². The first-order valence-electron chi connectivity index (χ1n) is 5.61. The Kier molecular flexibility index (Phi) is 4.19. The SMILES string of the molecule is COC(=O)c1cc(OC(=O)c2cccc(Br)c2)nn1C. The lowest BCUT2D eigenvalue weighted by Gasteiger charge is -2.00. The van der Waals surface area contributed by atoms with Gasteiger partial charge < -0.3 is 9.47 Å². The highest BCUT2D eigenvalue weighted by Gasteiger charge is 2.17. The Morgan fingerprint density at radius 1 is 1.25 bits per heavy atom. The van der Waals surface area contributed by atoms with Crippen LogP contribution in [0.4, 0.5) is 0 Å². The summed E-state index contributed by atoms with van der Waals surface area (Å²) < 4.78 is 11.8. The number of nitrogens with zero attached hydrogens (tertiary/aromatic N) is 2. The fourth-order valence-corrected chi connectivity index (χ4v) is 1.96. The van der Waals surface area contributed by atoms with Gasteiger partial charge in [0.25, 0.3) is 0 Å². The molecule has 2 aromatic rings. The number of methoxy groups -OCH3 is 1. The lowest BCUT2D eigenvalue weighted by atomic mass is 10.2. The van der Waals surface area contributed by atoms with Crippen LogP contribution in [-0.2, 0) is 11.8 Å². The molecule has 1 aromatic carbocycles. The quantitative estimate of drug-likeness (QED) is 0.802. The van der Waals surface area contributed by atoms with Crippen LogP contribution in [0, 0.1) is 0 Å². The molecule has 0 spiro atoms. The lowest BCUT2D eigenvalue weighted by molar-refractivity contribution is 0.0587. The molecule has 0 N–H and O–H groups in total. The summed E-state index contributed by atoms with van der Waals surface area (Å²) in [6.45, 7) is 0. The van der Waals surface area contributed by atoms with Crippen LogP contribution in [0.15, 0.2) is 34.8 Å². The summed E-state index contributed by atoms with van der Waals surface area (Å²) in [4.78, 5) is 23.3. The van der Waals surface area contributed by atoms with E-state index in [0.717, 1.165) is 4.47 Å². The van der Waals surface area contributed by atoms with Gasteiger partial charge >= 0.3 is 11.9 Å². The molecule has 0 fully saturated rings. The van der Waals surface area contributed by atoms with Crippen molar-refractivity contribution in [2.45, 2.75) is 0 Å². The van der Waals surface area contributed by atoms with Crippen LogP contribution in [-0.4, -0.2) is 28.8 Å². The third-order valence-corrected chi connectivity index (χ3v) is 3.00. The zero-order valence-electron chi connectivity index (χ0n) is 10.8. The highest BCUT2D eigenvalue weighted by Crippen LogP contribution is 2.16. The average Bonchev–Trinajstić information content (AvgIpc) is 2.78. The number of esters is 2. The first kappa shape index (κ1) is 14.3. The lowest BCUT2D eigenvalue weighted by Crippen LogP contribution is -2.09. The van der Waals surface area contributed by atoms with Crippen LogP contribution in [0.2, 0.25) is 0 Å². The van der Waals surface area contributed by atoms with Crippen molar-refractivity contribution in [1.29, 1.82) is 0 Å².